The highest BCUT2D eigenvalue weighted by Crippen LogP contribution is 2.32. The van der Waals surface area contributed by atoms with Crippen LogP contribution in [0.15, 0.2) is 46.2 Å². The fraction of sp³-hybridized carbons (Fsp3) is 0.333. The Balaban J connectivity index is 2.15. The molecule has 1 aliphatic rings. The summed E-state index contributed by atoms with van der Waals surface area (Å²) in [4.78, 5) is 27.1. The third kappa shape index (κ3) is 2.89. The van der Waals surface area contributed by atoms with Crippen LogP contribution < -0.4 is 0 Å². The minimum absolute atomic E-state index is 0.0786. The van der Waals surface area contributed by atoms with Crippen molar-refractivity contribution in [3.05, 3.63) is 41.3 Å². The molecule has 0 bridgehead atoms. The van der Waals surface area contributed by atoms with Gasteiger partial charge in [0.05, 0.1) is 4.91 Å². The zero-order valence-corrected chi connectivity index (χ0v) is 12.1. The van der Waals surface area contributed by atoms with E-state index in [4.69, 9.17) is 0 Å². The largest absolute Gasteiger partial charge is 0.271 e. The van der Waals surface area contributed by atoms with Crippen molar-refractivity contribution in [2.75, 3.05) is 0 Å². The molecule has 0 spiro atoms. The van der Waals surface area contributed by atoms with Gasteiger partial charge in [0.1, 0.15) is 0 Å². The molecule has 1 unspecified atom stereocenters. The fourth-order valence-corrected chi connectivity index (χ4v) is 2.73. The van der Waals surface area contributed by atoms with E-state index in [0.29, 0.717) is 4.91 Å². The molecule has 1 heterocycles. The Bertz CT molecular complexity index is 522. The molecule has 0 saturated carbocycles. The second kappa shape index (κ2) is 5.61. The molecule has 0 N–H and O–H groups in total. The van der Waals surface area contributed by atoms with Crippen LogP contribution in [0.5, 0.6) is 0 Å². The highest BCUT2D eigenvalue weighted by atomic mass is 32.2. The minimum Gasteiger partial charge on any atom is -0.271 e. The van der Waals surface area contributed by atoms with E-state index in [9.17, 15) is 9.59 Å². The van der Waals surface area contributed by atoms with Crippen LogP contribution in [0.2, 0.25) is 0 Å². The lowest BCUT2D eigenvalue weighted by Gasteiger charge is -2.26. The first-order valence-corrected chi connectivity index (χ1v) is 7.14. The van der Waals surface area contributed by atoms with E-state index in [1.165, 1.54) is 22.7 Å². The predicted molar refractivity (Wildman–Crippen MR) is 76.5 cm³/mol. The van der Waals surface area contributed by atoms with E-state index < -0.39 is 0 Å². The highest BCUT2D eigenvalue weighted by Gasteiger charge is 2.35. The van der Waals surface area contributed by atoms with Crippen molar-refractivity contribution < 1.29 is 9.59 Å². The number of amides is 2. The first kappa shape index (κ1) is 13.9. The van der Waals surface area contributed by atoms with Crippen molar-refractivity contribution in [2.45, 2.75) is 31.7 Å². The lowest BCUT2D eigenvalue weighted by molar-refractivity contribution is -0.140. The Hall–Kier alpha value is -1.55. The molecule has 0 fully saturated rings. The topological polar surface area (TPSA) is 37.4 Å². The molecule has 0 radical (unpaired) electrons. The first-order valence-electron chi connectivity index (χ1n) is 6.33. The number of hydrogen-bond acceptors (Lipinski definition) is 3. The summed E-state index contributed by atoms with van der Waals surface area (Å²) in [6, 6.07) is 9.53. The number of imide groups is 1. The van der Waals surface area contributed by atoms with Gasteiger partial charge < -0.3 is 0 Å². The van der Waals surface area contributed by atoms with Crippen molar-refractivity contribution >= 4 is 23.6 Å². The second-order valence-corrected chi connectivity index (χ2v) is 6.04. The van der Waals surface area contributed by atoms with Gasteiger partial charge in [-0.2, -0.15) is 0 Å². The van der Waals surface area contributed by atoms with Gasteiger partial charge >= 0.3 is 0 Å². The van der Waals surface area contributed by atoms with Gasteiger partial charge in [-0.25, -0.2) is 0 Å². The zero-order valence-electron chi connectivity index (χ0n) is 11.3. The number of nitrogens with zero attached hydrogens (tertiary/aromatic N) is 1. The van der Waals surface area contributed by atoms with E-state index in [-0.39, 0.29) is 23.8 Å². The third-order valence-electron chi connectivity index (χ3n) is 3.26. The molecule has 1 aliphatic heterocycles. The SMILES string of the molecule is CC(C)C(C)N1C(=O)C=C(Sc2ccccc2)C1=O. The molecule has 2 amide bonds. The number of benzene rings is 1. The normalized spacial score (nSPS) is 17.1. The summed E-state index contributed by atoms with van der Waals surface area (Å²) in [5.41, 5.74) is 0. The molecular weight excluding hydrogens is 258 g/mol. The molecule has 0 aromatic heterocycles. The first-order chi connectivity index (χ1) is 9.00. The van der Waals surface area contributed by atoms with E-state index in [2.05, 4.69) is 0 Å². The van der Waals surface area contributed by atoms with Gasteiger partial charge in [-0.05, 0) is 25.0 Å². The standard InChI is InChI=1S/C15H17NO2S/c1-10(2)11(3)16-14(17)9-13(15(16)18)19-12-7-5-4-6-8-12/h4-11H,1-3H3. The summed E-state index contributed by atoms with van der Waals surface area (Å²) in [6.45, 7) is 5.92. The van der Waals surface area contributed by atoms with Crippen LogP contribution in [0.25, 0.3) is 0 Å². The number of carbonyl (C=O) groups is 2. The van der Waals surface area contributed by atoms with Gasteiger partial charge in [0.2, 0.25) is 0 Å². The molecule has 4 heteroatoms. The summed E-state index contributed by atoms with van der Waals surface area (Å²) in [6.07, 6.45) is 1.44. The Labute approximate surface area is 117 Å². The molecular formula is C15H17NO2S. The molecule has 19 heavy (non-hydrogen) atoms. The Morgan fingerprint density at radius 3 is 2.26 bits per heavy atom. The van der Waals surface area contributed by atoms with Gasteiger partial charge in [0.15, 0.2) is 0 Å². The third-order valence-corrected chi connectivity index (χ3v) is 4.28. The van der Waals surface area contributed by atoms with Crippen molar-refractivity contribution in [1.29, 1.82) is 0 Å². The highest BCUT2D eigenvalue weighted by molar-refractivity contribution is 8.04. The average molecular weight is 275 g/mol. The van der Waals surface area contributed by atoms with Crippen molar-refractivity contribution in [1.82, 2.24) is 4.90 Å². The Kier molecular flexibility index (Phi) is 4.10. The van der Waals surface area contributed by atoms with Gasteiger partial charge in [0, 0.05) is 17.0 Å². The van der Waals surface area contributed by atoms with Gasteiger partial charge in [-0.1, -0.05) is 43.8 Å². The summed E-state index contributed by atoms with van der Waals surface area (Å²) in [5.74, 6) is -0.132. The zero-order chi connectivity index (χ0) is 14.0. The second-order valence-electron chi connectivity index (χ2n) is 4.92. The smallest absolute Gasteiger partial charge is 0.267 e. The fourth-order valence-electron chi connectivity index (χ4n) is 1.83. The monoisotopic (exact) mass is 275 g/mol. The van der Waals surface area contributed by atoms with E-state index in [0.717, 1.165) is 4.90 Å². The minimum atomic E-state index is -0.204. The van der Waals surface area contributed by atoms with Crippen LogP contribution in [0.4, 0.5) is 0 Å². The number of carbonyl (C=O) groups excluding carboxylic acids is 2. The Morgan fingerprint density at radius 2 is 1.68 bits per heavy atom. The van der Waals surface area contributed by atoms with Crippen LogP contribution in [-0.4, -0.2) is 22.8 Å². The quantitative estimate of drug-likeness (QED) is 0.792. The van der Waals surface area contributed by atoms with Crippen LogP contribution in [-0.2, 0) is 9.59 Å². The Morgan fingerprint density at radius 1 is 1.05 bits per heavy atom. The maximum Gasteiger partial charge on any atom is 0.267 e. The molecule has 2 rings (SSSR count). The molecule has 100 valence electrons. The lowest BCUT2D eigenvalue weighted by Crippen LogP contribution is -2.41. The maximum atomic E-state index is 12.3. The molecule has 3 nitrogen and oxygen atoms in total. The van der Waals surface area contributed by atoms with E-state index in [1.807, 2.05) is 51.1 Å². The van der Waals surface area contributed by atoms with Crippen molar-refractivity contribution in [3.8, 4) is 0 Å². The van der Waals surface area contributed by atoms with Crippen LogP contribution in [0.1, 0.15) is 20.8 Å². The van der Waals surface area contributed by atoms with Gasteiger partial charge in [0.25, 0.3) is 11.8 Å². The van der Waals surface area contributed by atoms with Crippen LogP contribution in [0, 0.1) is 5.92 Å². The molecule has 1 aromatic carbocycles. The summed E-state index contributed by atoms with van der Waals surface area (Å²) in [7, 11) is 0. The van der Waals surface area contributed by atoms with Crippen LogP contribution in [0.3, 0.4) is 0 Å². The molecule has 0 saturated heterocycles. The van der Waals surface area contributed by atoms with Crippen molar-refractivity contribution in [2.24, 2.45) is 5.92 Å². The molecule has 0 aliphatic carbocycles. The van der Waals surface area contributed by atoms with E-state index >= 15 is 0 Å². The number of thioether (sulfide) groups is 1. The number of hydrogen-bond donors (Lipinski definition) is 0. The maximum absolute atomic E-state index is 12.3. The summed E-state index contributed by atoms with van der Waals surface area (Å²) >= 11 is 1.35. The summed E-state index contributed by atoms with van der Waals surface area (Å²) in [5, 5.41) is 0. The van der Waals surface area contributed by atoms with E-state index in [1.54, 1.807) is 0 Å². The average Bonchev–Trinajstić information content (AvgIpc) is 2.65. The number of rotatable bonds is 4. The van der Waals surface area contributed by atoms with Gasteiger partial charge in [-0.15, -0.1) is 0 Å². The van der Waals surface area contributed by atoms with Crippen molar-refractivity contribution in [3.63, 3.8) is 0 Å². The predicted octanol–water partition coefficient (Wildman–Crippen LogP) is 3.08. The molecule has 1 aromatic rings. The molecule has 1 atom stereocenters. The van der Waals surface area contributed by atoms with Crippen LogP contribution >= 0.6 is 11.8 Å². The van der Waals surface area contributed by atoms with Gasteiger partial charge in [-0.3, -0.25) is 14.5 Å². The lowest BCUT2D eigenvalue weighted by atomic mass is 10.1. The summed E-state index contributed by atoms with van der Waals surface area (Å²) < 4.78 is 0.